The molecule has 1 saturated heterocycles. The van der Waals surface area contributed by atoms with E-state index in [4.69, 9.17) is 14.2 Å². The van der Waals surface area contributed by atoms with Gasteiger partial charge in [-0.15, -0.1) is 0 Å². The van der Waals surface area contributed by atoms with E-state index in [1.54, 1.807) is 44.4 Å². The molecule has 1 aromatic carbocycles. The summed E-state index contributed by atoms with van der Waals surface area (Å²) in [7, 11) is 4.69. The number of hydrogen-bond acceptors (Lipinski definition) is 5. The van der Waals surface area contributed by atoms with Crippen LogP contribution < -0.4 is 19.7 Å². The molecule has 24 heavy (non-hydrogen) atoms. The van der Waals surface area contributed by atoms with E-state index in [1.807, 2.05) is 6.92 Å². The Morgan fingerprint density at radius 2 is 2.08 bits per heavy atom. The van der Waals surface area contributed by atoms with E-state index in [-0.39, 0.29) is 24.3 Å². The second-order valence-corrected chi connectivity index (χ2v) is 5.81. The quantitative estimate of drug-likeness (QED) is 0.810. The van der Waals surface area contributed by atoms with Crippen molar-refractivity contribution in [1.82, 2.24) is 5.32 Å². The molecule has 0 aromatic heterocycles. The zero-order valence-corrected chi connectivity index (χ0v) is 14.5. The van der Waals surface area contributed by atoms with Crippen LogP contribution in [0.1, 0.15) is 13.3 Å². The van der Waals surface area contributed by atoms with Gasteiger partial charge in [-0.3, -0.25) is 9.59 Å². The number of hydrogen-bond donors (Lipinski definition) is 1. The fourth-order valence-electron chi connectivity index (χ4n) is 2.78. The van der Waals surface area contributed by atoms with Gasteiger partial charge in [-0.05, 0) is 19.1 Å². The predicted molar refractivity (Wildman–Crippen MR) is 89.5 cm³/mol. The van der Waals surface area contributed by atoms with Crippen LogP contribution in [0.25, 0.3) is 0 Å². The van der Waals surface area contributed by atoms with Gasteiger partial charge in [0.15, 0.2) is 0 Å². The second kappa shape index (κ2) is 8.01. The third-order valence-electron chi connectivity index (χ3n) is 3.98. The number of nitrogens with one attached hydrogen (secondary N) is 1. The molecule has 2 amide bonds. The normalized spacial score (nSPS) is 18.4. The monoisotopic (exact) mass is 336 g/mol. The van der Waals surface area contributed by atoms with Gasteiger partial charge in [0, 0.05) is 32.2 Å². The third kappa shape index (κ3) is 3.97. The molecule has 0 bridgehead atoms. The average Bonchev–Trinajstić information content (AvgIpc) is 2.96. The first-order chi connectivity index (χ1) is 11.5. The highest BCUT2D eigenvalue weighted by Crippen LogP contribution is 2.36. The lowest BCUT2D eigenvalue weighted by Gasteiger charge is -2.21. The number of ether oxygens (including phenoxy) is 3. The van der Waals surface area contributed by atoms with E-state index in [2.05, 4.69) is 5.32 Å². The Labute approximate surface area is 141 Å². The Balaban J connectivity index is 2.14. The summed E-state index contributed by atoms with van der Waals surface area (Å²) in [6, 6.07) is 5.15. The van der Waals surface area contributed by atoms with Gasteiger partial charge in [0.2, 0.25) is 11.8 Å². The van der Waals surface area contributed by atoms with E-state index < -0.39 is 5.92 Å². The number of methoxy groups -OCH3 is 3. The lowest BCUT2D eigenvalue weighted by molar-refractivity contribution is -0.127. The second-order valence-electron chi connectivity index (χ2n) is 5.81. The van der Waals surface area contributed by atoms with Crippen LogP contribution in [0.4, 0.5) is 5.69 Å². The molecular formula is C17H24N2O5. The van der Waals surface area contributed by atoms with Gasteiger partial charge in [-0.2, -0.15) is 0 Å². The first kappa shape index (κ1) is 18.1. The van der Waals surface area contributed by atoms with Gasteiger partial charge in [0.05, 0.1) is 32.4 Å². The van der Waals surface area contributed by atoms with Crippen LogP contribution in [0.3, 0.4) is 0 Å². The Morgan fingerprint density at radius 1 is 1.33 bits per heavy atom. The highest BCUT2D eigenvalue weighted by molar-refractivity contribution is 6.01. The summed E-state index contributed by atoms with van der Waals surface area (Å²) in [4.78, 5) is 26.3. The molecule has 0 aliphatic carbocycles. The summed E-state index contributed by atoms with van der Waals surface area (Å²) >= 11 is 0. The molecule has 2 rings (SSSR count). The minimum absolute atomic E-state index is 0.0991. The Bertz CT molecular complexity index is 605. The molecule has 7 nitrogen and oxygen atoms in total. The van der Waals surface area contributed by atoms with Crippen LogP contribution in [-0.4, -0.2) is 52.3 Å². The number of carbonyl (C=O) groups is 2. The van der Waals surface area contributed by atoms with Gasteiger partial charge in [0.1, 0.15) is 11.5 Å². The van der Waals surface area contributed by atoms with Crippen molar-refractivity contribution < 1.29 is 23.8 Å². The van der Waals surface area contributed by atoms with Crippen molar-refractivity contribution in [3.8, 4) is 11.5 Å². The molecular weight excluding hydrogens is 312 g/mol. The van der Waals surface area contributed by atoms with Crippen LogP contribution in [-0.2, 0) is 14.3 Å². The first-order valence-electron chi connectivity index (χ1n) is 7.81. The molecule has 0 spiro atoms. The molecule has 1 aromatic rings. The molecule has 1 aliphatic rings. The van der Waals surface area contributed by atoms with Gasteiger partial charge < -0.3 is 24.4 Å². The molecule has 0 radical (unpaired) electrons. The zero-order chi connectivity index (χ0) is 17.7. The van der Waals surface area contributed by atoms with Crippen molar-refractivity contribution in [3.05, 3.63) is 18.2 Å². The average molecular weight is 336 g/mol. The van der Waals surface area contributed by atoms with Crippen LogP contribution >= 0.6 is 0 Å². The molecule has 7 heteroatoms. The number of carbonyl (C=O) groups excluding carboxylic acids is 2. The number of rotatable bonds is 7. The molecule has 1 aliphatic heterocycles. The minimum Gasteiger partial charge on any atom is -0.497 e. The fourth-order valence-corrected chi connectivity index (χ4v) is 2.78. The fraction of sp³-hybridized carbons (Fsp3) is 0.529. The van der Waals surface area contributed by atoms with E-state index in [0.717, 1.165) is 0 Å². The van der Waals surface area contributed by atoms with Crippen molar-refractivity contribution in [2.45, 2.75) is 19.4 Å². The lowest BCUT2D eigenvalue weighted by Crippen LogP contribution is -2.40. The van der Waals surface area contributed by atoms with Gasteiger partial charge in [-0.1, -0.05) is 0 Å². The van der Waals surface area contributed by atoms with Gasteiger partial charge >= 0.3 is 0 Å². The van der Waals surface area contributed by atoms with E-state index in [9.17, 15) is 9.59 Å². The van der Waals surface area contributed by atoms with Crippen LogP contribution in [0.5, 0.6) is 11.5 Å². The molecule has 1 fully saturated rings. The summed E-state index contributed by atoms with van der Waals surface area (Å²) in [5, 5.41) is 2.87. The van der Waals surface area contributed by atoms with Crippen LogP contribution in [0.2, 0.25) is 0 Å². The van der Waals surface area contributed by atoms with Crippen molar-refractivity contribution >= 4 is 17.5 Å². The van der Waals surface area contributed by atoms with Crippen LogP contribution in [0, 0.1) is 5.92 Å². The van der Waals surface area contributed by atoms with E-state index in [0.29, 0.717) is 30.3 Å². The summed E-state index contributed by atoms with van der Waals surface area (Å²) in [5.41, 5.74) is 0.613. The first-order valence-corrected chi connectivity index (χ1v) is 7.81. The highest BCUT2D eigenvalue weighted by atomic mass is 16.5. The summed E-state index contributed by atoms with van der Waals surface area (Å²) in [6.45, 7) is 2.61. The SMILES string of the molecule is COCC(C)NC(=O)C1CC(=O)N(c2cc(OC)ccc2OC)C1. The molecule has 2 atom stereocenters. The molecule has 1 heterocycles. The largest absolute Gasteiger partial charge is 0.497 e. The molecule has 0 saturated carbocycles. The van der Waals surface area contributed by atoms with Gasteiger partial charge in [0.25, 0.3) is 0 Å². The molecule has 132 valence electrons. The Kier molecular flexibility index (Phi) is 6.03. The lowest BCUT2D eigenvalue weighted by atomic mass is 10.1. The Hall–Kier alpha value is -2.28. The third-order valence-corrected chi connectivity index (χ3v) is 3.98. The summed E-state index contributed by atoms with van der Waals surface area (Å²) < 4.78 is 15.6. The number of amides is 2. The molecule has 1 N–H and O–H groups in total. The highest BCUT2D eigenvalue weighted by Gasteiger charge is 2.36. The summed E-state index contributed by atoms with van der Waals surface area (Å²) in [5.74, 6) is 0.546. The topological polar surface area (TPSA) is 77.1 Å². The predicted octanol–water partition coefficient (Wildman–Crippen LogP) is 1.21. The van der Waals surface area contributed by atoms with Crippen molar-refractivity contribution in [2.75, 3.05) is 39.4 Å². The minimum atomic E-state index is -0.396. The zero-order valence-electron chi connectivity index (χ0n) is 14.5. The molecule has 2 unspecified atom stereocenters. The van der Waals surface area contributed by atoms with Crippen molar-refractivity contribution in [2.24, 2.45) is 5.92 Å². The maximum atomic E-state index is 12.4. The van der Waals surface area contributed by atoms with E-state index in [1.165, 1.54) is 0 Å². The van der Waals surface area contributed by atoms with E-state index >= 15 is 0 Å². The number of benzene rings is 1. The summed E-state index contributed by atoms with van der Waals surface area (Å²) in [6.07, 6.45) is 0.173. The number of nitrogens with zero attached hydrogens (tertiary/aromatic N) is 1. The standard InChI is InChI=1S/C17H24N2O5/c1-11(10-22-2)18-17(21)12-7-16(20)19(9-12)14-8-13(23-3)5-6-15(14)24-4/h5-6,8,11-12H,7,9-10H2,1-4H3,(H,18,21). The smallest absolute Gasteiger partial charge is 0.227 e. The number of anilines is 1. The van der Waals surface area contributed by atoms with Crippen LogP contribution in [0.15, 0.2) is 18.2 Å². The Morgan fingerprint density at radius 3 is 2.71 bits per heavy atom. The maximum absolute atomic E-state index is 12.4. The maximum Gasteiger partial charge on any atom is 0.227 e. The van der Waals surface area contributed by atoms with Gasteiger partial charge in [-0.25, -0.2) is 0 Å². The van der Waals surface area contributed by atoms with Crippen molar-refractivity contribution in [1.29, 1.82) is 0 Å². The van der Waals surface area contributed by atoms with Crippen molar-refractivity contribution in [3.63, 3.8) is 0 Å².